The van der Waals surface area contributed by atoms with Gasteiger partial charge in [0.2, 0.25) is 0 Å². The number of aliphatic imine (C=N–C) groups is 1. The highest BCUT2D eigenvalue weighted by atomic mass is 127. The first kappa shape index (κ1) is 23.3. The van der Waals surface area contributed by atoms with Gasteiger partial charge in [-0.25, -0.2) is 4.79 Å². The molecule has 8 heteroatoms. The van der Waals surface area contributed by atoms with Gasteiger partial charge in [0.25, 0.3) is 0 Å². The van der Waals surface area contributed by atoms with Crippen molar-refractivity contribution in [1.82, 2.24) is 20.4 Å². The van der Waals surface area contributed by atoms with Crippen molar-refractivity contribution in [2.75, 3.05) is 46.8 Å². The number of rotatable bonds is 3. The summed E-state index contributed by atoms with van der Waals surface area (Å²) in [6.45, 7) is 10.6. The van der Waals surface area contributed by atoms with E-state index in [-0.39, 0.29) is 36.1 Å². The van der Waals surface area contributed by atoms with Gasteiger partial charge in [0.15, 0.2) is 5.96 Å². The van der Waals surface area contributed by atoms with Crippen molar-refractivity contribution in [2.24, 2.45) is 10.9 Å². The molecule has 1 unspecified atom stereocenters. The summed E-state index contributed by atoms with van der Waals surface area (Å²) in [6, 6.07) is 0.108. The van der Waals surface area contributed by atoms with Gasteiger partial charge in [0, 0.05) is 26.7 Å². The van der Waals surface area contributed by atoms with Gasteiger partial charge in [-0.05, 0) is 66.1 Å². The van der Waals surface area contributed by atoms with Crippen molar-refractivity contribution in [3.8, 4) is 0 Å². The van der Waals surface area contributed by atoms with Crippen LogP contribution in [-0.4, -0.2) is 80.3 Å². The predicted octanol–water partition coefficient (Wildman–Crippen LogP) is 2.12. The number of piperidine rings is 1. The lowest BCUT2D eigenvalue weighted by molar-refractivity contribution is 0.0507. The average molecular weight is 481 g/mol. The van der Waals surface area contributed by atoms with E-state index in [2.05, 4.69) is 32.5 Å². The molecular formula is C18H36IN5O2. The Kier molecular flexibility index (Phi) is 9.43. The summed E-state index contributed by atoms with van der Waals surface area (Å²) >= 11 is 0. The van der Waals surface area contributed by atoms with Gasteiger partial charge < -0.3 is 25.2 Å². The van der Waals surface area contributed by atoms with E-state index in [4.69, 9.17) is 4.74 Å². The van der Waals surface area contributed by atoms with E-state index in [9.17, 15) is 4.79 Å². The molecule has 0 saturated carbocycles. The number of nitrogens with zero attached hydrogens (tertiary/aromatic N) is 3. The highest BCUT2D eigenvalue weighted by Crippen LogP contribution is 2.16. The van der Waals surface area contributed by atoms with Crippen LogP contribution in [-0.2, 0) is 4.74 Å². The third kappa shape index (κ3) is 7.85. The Morgan fingerprint density at radius 1 is 1.19 bits per heavy atom. The lowest BCUT2D eigenvalue weighted by atomic mass is 9.97. The molecule has 2 aliphatic heterocycles. The van der Waals surface area contributed by atoms with E-state index in [0.29, 0.717) is 5.92 Å². The van der Waals surface area contributed by atoms with Crippen molar-refractivity contribution in [2.45, 2.75) is 51.7 Å². The minimum absolute atomic E-state index is 0. The molecule has 26 heavy (non-hydrogen) atoms. The van der Waals surface area contributed by atoms with Crippen LogP contribution in [0, 0.1) is 5.92 Å². The normalized spacial score (nSPS) is 22.7. The maximum atomic E-state index is 11.9. The number of hydrogen-bond donors (Lipinski definition) is 2. The molecule has 0 aromatic carbocycles. The van der Waals surface area contributed by atoms with Crippen molar-refractivity contribution in [3.05, 3.63) is 0 Å². The first-order valence-corrected chi connectivity index (χ1v) is 9.40. The summed E-state index contributed by atoms with van der Waals surface area (Å²) < 4.78 is 5.34. The summed E-state index contributed by atoms with van der Waals surface area (Å²) in [6.07, 6.45) is 3.05. The van der Waals surface area contributed by atoms with E-state index >= 15 is 0 Å². The van der Waals surface area contributed by atoms with Crippen LogP contribution in [0.1, 0.15) is 40.0 Å². The Morgan fingerprint density at radius 3 is 2.42 bits per heavy atom. The van der Waals surface area contributed by atoms with Gasteiger partial charge in [0.05, 0.1) is 6.04 Å². The van der Waals surface area contributed by atoms with Crippen molar-refractivity contribution >= 4 is 36.0 Å². The zero-order valence-corrected chi connectivity index (χ0v) is 19.2. The third-order valence-electron chi connectivity index (χ3n) is 4.81. The molecule has 1 amide bonds. The molecule has 2 saturated heterocycles. The Hall–Kier alpha value is -0.770. The minimum atomic E-state index is -0.464. The highest BCUT2D eigenvalue weighted by Gasteiger charge is 2.28. The Balaban J connectivity index is 0.00000338. The topological polar surface area (TPSA) is 69.2 Å². The number of alkyl carbamates (subject to hydrolysis) is 1. The second kappa shape index (κ2) is 10.5. The maximum Gasteiger partial charge on any atom is 0.407 e. The second-order valence-corrected chi connectivity index (χ2v) is 8.25. The van der Waals surface area contributed by atoms with Crippen LogP contribution in [0.2, 0.25) is 0 Å². The SMILES string of the molecule is CN=C(NCC1CCN(C)CC1)N1CCC(NC(=O)OC(C)(C)C)C1.I. The molecule has 2 aliphatic rings. The smallest absolute Gasteiger partial charge is 0.407 e. The number of halogens is 1. The van der Waals surface area contributed by atoms with Gasteiger partial charge in [-0.2, -0.15) is 0 Å². The van der Waals surface area contributed by atoms with Crippen molar-refractivity contribution < 1.29 is 9.53 Å². The molecule has 0 aliphatic carbocycles. The number of guanidine groups is 1. The molecule has 2 rings (SSSR count). The van der Waals surface area contributed by atoms with E-state index in [1.54, 1.807) is 0 Å². The molecule has 0 aromatic heterocycles. The zero-order valence-electron chi connectivity index (χ0n) is 16.9. The summed E-state index contributed by atoms with van der Waals surface area (Å²) in [4.78, 5) is 20.9. The van der Waals surface area contributed by atoms with Gasteiger partial charge in [0.1, 0.15) is 5.60 Å². The quantitative estimate of drug-likeness (QED) is 0.367. The monoisotopic (exact) mass is 481 g/mol. The largest absolute Gasteiger partial charge is 0.444 e. The first-order valence-electron chi connectivity index (χ1n) is 9.40. The van der Waals surface area contributed by atoms with Gasteiger partial charge in [-0.15, -0.1) is 24.0 Å². The number of amides is 1. The number of carbonyl (C=O) groups excluding carboxylic acids is 1. The standard InChI is InChI=1S/C18H35N5O2.HI/c1-18(2,3)25-17(24)21-15-8-11-23(13-15)16(19-4)20-12-14-6-9-22(5)10-7-14;/h14-15H,6-13H2,1-5H3,(H,19,20)(H,21,24);1H. The second-order valence-electron chi connectivity index (χ2n) is 8.25. The number of carbonyl (C=O) groups is 1. The molecule has 0 aromatic rings. The number of hydrogen-bond acceptors (Lipinski definition) is 4. The molecule has 0 radical (unpaired) electrons. The van der Waals surface area contributed by atoms with Crippen LogP contribution in [0.25, 0.3) is 0 Å². The molecule has 152 valence electrons. The number of nitrogens with one attached hydrogen (secondary N) is 2. The minimum Gasteiger partial charge on any atom is -0.444 e. The lowest BCUT2D eigenvalue weighted by Gasteiger charge is -2.30. The van der Waals surface area contributed by atoms with E-state index in [1.807, 2.05) is 27.8 Å². The summed E-state index contributed by atoms with van der Waals surface area (Å²) in [5.74, 6) is 1.65. The summed E-state index contributed by atoms with van der Waals surface area (Å²) in [5.41, 5.74) is -0.464. The van der Waals surface area contributed by atoms with Crippen LogP contribution >= 0.6 is 24.0 Å². The Morgan fingerprint density at radius 2 is 1.85 bits per heavy atom. The van der Waals surface area contributed by atoms with Crippen molar-refractivity contribution in [3.63, 3.8) is 0 Å². The molecule has 2 N–H and O–H groups in total. The molecule has 2 heterocycles. The summed E-state index contributed by atoms with van der Waals surface area (Å²) in [5, 5.41) is 6.49. The molecule has 7 nitrogen and oxygen atoms in total. The Bertz CT molecular complexity index is 473. The van der Waals surface area contributed by atoms with E-state index in [0.717, 1.165) is 32.0 Å². The van der Waals surface area contributed by atoms with E-state index in [1.165, 1.54) is 25.9 Å². The third-order valence-corrected chi connectivity index (χ3v) is 4.81. The van der Waals surface area contributed by atoms with Crippen LogP contribution in [0.5, 0.6) is 0 Å². The molecule has 0 bridgehead atoms. The average Bonchev–Trinajstić information content (AvgIpc) is 2.96. The van der Waals surface area contributed by atoms with Crippen LogP contribution < -0.4 is 10.6 Å². The summed E-state index contributed by atoms with van der Waals surface area (Å²) in [7, 11) is 4.01. The van der Waals surface area contributed by atoms with Gasteiger partial charge in [-0.1, -0.05) is 0 Å². The first-order chi connectivity index (χ1) is 11.8. The number of likely N-dealkylation sites (tertiary alicyclic amines) is 2. The Labute approximate surface area is 175 Å². The zero-order chi connectivity index (χ0) is 18.4. The van der Waals surface area contributed by atoms with Crippen LogP contribution in [0.3, 0.4) is 0 Å². The molecular weight excluding hydrogens is 445 g/mol. The van der Waals surface area contributed by atoms with Gasteiger partial charge >= 0.3 is 6.09 Å². The fourth-order valence-corrected chi connectivity index (χ4v) is 3.38. The molecule has 0 spiro atoms. The fraction of sp³-hybridized carbons (Fsp3) is 0.889. The van der Waals surface area contributed by atoms with Crippen molar-refractivity contribution in [1.29, 1.82) is 0 Å². The van der Waals surface area contributed by atoms with Crippen LogP contribution in [0.4, 0.5) is 4.79 Å². The van der Waals surface area contributed by atoms with E-state index < -0.39 is 5.60 Å². The lowest BCUT2D eigenvalue weighted by Crippen LogP contribution is -2.46. The molecule has 2 fully saturated rings. The van der Waals surface area contributed by atoms with Crippen LogP contribution in [0.15, 0.2) is 4.99 Å². The highest BCUT2D eigenvalue weighted by molar-refractivity contribution is 14.0. The molecule has 1 atom stereocenters. The fourth-order valence-electron chi connectivity index (χ4n) is 3.38. The number of ether oxygens (including phenoxy) is 1. The van der Waals surface area contributed by atoms with Gasteiger partial charge in [-0.3, -0.25) is 4.99 Å². The predicted molar refractivity (Wildman–Crippen MR) is 116 cm³/mol. The maximum absolute atomic E-state index is 11.9.